The summed E-state index contributed by atoms with van der Waals surface area (Å²) in [6.45, 7) is 1.44. The zero-order valence-electron chi connectivity index (χ0n) is 28.4. The number of fused-ring (bicyclic) bond motifs is 4. The average molecular weight is 735 g/mol. The standard InChI is InChI=1S/C20H13FN6O2.C18H11FN6O/c1-11(28)26-17-7-4-13(8-14(17)10-22-26)16-9-18(29)27-20(23-16)24-19(25-27)12-2-5-15(21)6-3-12;19-13-4-1-10(2-5-13)17-22-18-21-15(8-16(26)25(18)24-17)11-3-6-14-12(7-11)9-20-23-14/h2-10H,1H3,(H,23,24,25);1-9H,(H,20,23)(H,21,22,24). The lowest BCUT2D eigenvalue weighted by atomic mass is 10.1. The monoisotopic (exact) mass is 734 g/mol. The number of aromatic nitrogens is 12. The van der Waals surface area contributed by atoms with E-state index in [1.54, 1.807) is 48.8 Å². The first kappa shape index (κ1) is 32.9. The molecule has 0 unspecified atom stereocenters. The van der Waals surface area contributed by atoms with Gasteiger partial charge in [0.05, 0.1) is 34.8 Å². The predicted octanol–water partition coefficient (Wildman–Crippen LogP) is 5.67. The van der Waals surface area contributed by atoms with Gasteiger partial charge in [0, 0.05) is 52.1 Å². The maximum absolute atomic E-state index is 13.1. The molecular weight excluding hydrogens is 710 g/mol. The number of carbonyl (C=O) groups is 1. The van der Waals surface area contributed by atoms with E-state index in [1.165, 1.54) is 57.0 Å². The van der Waals surface area contributed by atoms with Crippen molar-refractivity contribution in [3.63, 3.8) is 0 Å². The van der Waals surface area contributed by atoms with E-state index in [0.29, 0.717) is 45.2 Å². The smallest absolute Gasteiger partial charge is 0.274 e. The van der Waals surface area contributed by atoms with E-state index in [-0.39, 0.29) is 40.2 Å². The molecule has 4 aromatic carbocycles. The highest BCUT2D eigenvalue weighted by Crippen LogP contribution is 2.25. The molecule has 3 N–H and O–H groups in total. The topological polar surface area (TPSA) is 190 Å². The Hall–Kier alpha value is -7.95. The van der Waals surface area contributed by atoms with Gasteiger partial charge in [0.15, 0.2) is 11.6 Å². The van der Waals surface area contributed by atoms with Gasteiger partial charge in [0.1, 0.15) is 11.6 Å². The first-order valence-corrected chi connectivity index (χ1v) is 16.6. The molecule has 10 rings (SSSR count). The van der Waals surface area contributed by atoms with Crippen molar-refractivity contribution >= 4 is 39.3 Å². The molecule has 0 atom stereocenters. The summed E-state index contributed by atoms with van der Waals surface area (Å²) in [5.41, 5.74) is 4.75. The van der Waals surface area contributed by atoms with Crippen molar-refractivity contribution in [3.8, 4) is 45.3 Å². The zero-order chi connectivity index (χ0) is 37.8. The molecule has 0 fully saturated rings. The van der Waals surface area contributed by atoms with Crippen molar-refractivity contribution < 1.29 is 13.6 Å². The van der Waals surface area contributed by atoms with Gasteiger partial charge in [-0.05, 0) is 72.8 Å². The lowest BCUT2D eigenvalue weighted by molar-refractivity contribution is 0.0926. The van der Waals surface area contributed by atoms with E-state index in [2.05, 4.69) is 45.4 Å². The van der Waals surface area contributed by atoms with Gasteiger partial charge in [-0.15, -0.1) is 0 Å². The summed E-state index contributed by atoms with van der Waals surface area (Å²) < 4.78 is 30.0. The average Bonchev–Trinajstić information content (AvgIpc) is 4.00. The van der Waals surface area contributed by atoms with Gasteiger partial charge in [0.2, 0.25) is 5.91 Å². The second-order valence-corrected chi connectivity index (χ2v) is 12.4. The van der Waals surface area contributed by atoms with Crippen molar-refractivity contribution in [2.75, 3.05) is 0 Å². The van der Waals surface area contributed by atoms with Gasteiger partial charge in [-0.2, -0.15) is 29.2 Å². The van der Waals surface area contributed by atoms with Crippen LogP contribution in [0.2, 0.25) is 0 Å². The van der Waals surface area contributed by atoms with Crippen molar-refractivity contribution in [3.05, 3.63) is 142 Å². The second-order valence-electron chi connectivity index (χ2n) is 12.4. The third-order valence-corrected chi connectivity index (χ3v) is 8.79. The van der Waals surface area contributed by atoms with Crippen LogP contribution < -0.4 is 11.1 Å². The maximum atomic E-state index is 13.1. The molecule has 0 aliphatic heterocycles. The number of hydrogen-bond donors (Lipinski definition) is 3. The van der Waals surface area contributed by atoms with Crippen LogP contribution in [0.3, 0.4) is 0 Å². The molecule has 10 aromatic rings. The number of carbonyl (C=O) groups excluding carboxylic acids is 1. The predicted molar refractivity (Wildman–Crippen MR) is 198 cm³/mol. The molecule has 0 saturated carbocycles. The highest BCUT2D eigenvalue weighted by molar-refractivity contribution is 5.92. The van der Waals surface area contributed by atoms with Crippen molar-refractivity contribution in [2.24, 2.45) is 0 Å². The van der Waals surface area contributed by atoms with E-state index >= 15 is 0 Å². The van der Waals surface area contributed by atoms with Gasteiger partial charge in [-0.1, -0.05) is 12.1 Å². The van der Waals surface area contributed by atoms with Crippen LogP contribution in [-0.4, -0.2) is 65.0 Å². The normalized spacial score (nSPS) is 11.4. The minimum Gasteiger partial charge on any atom is -0.278 e. The lowest BCUT2D eigenvalue weighted by Gasteiger charge is -2.02. The zero-order valence-corrected chi connectivity index (χ0v) is 28.4. The highest BCUT2D eigenvalue weighted by Gasteiger charge is 2.14. The summed E-state index contributed by atoms with van der Waals surface area (Å²) in [7, 11) is 0. The molecule has 0 saturated heterocycles. The summed E-state index contributed by atoms with van der Waals surface area (Å²) >= 11 is 0. The molecule has 0 aliphatic rings. The van der Waals surface area contributed by atoms with Crippen molar-refractivity contribution in [2.45, 2.75) is 6.92 Å². The van der Waals surface area contributed by atoms with Crippen LogP contribution >= 0.6 is 0 Å². The van der Waals surface area contributed by atoms with Crippen LogP contribution in [0.5, 0.6) is 0 Å². The van der Waals surface area contributed by atoms with E-state index < -0.39 is 0 Å². The minimum atomic E-state index is -0.356. The molecule has 268 valence electrons. The number of benzene rings is 4. The Labute approximate surface area is 305 Å². The van der Waals surface area contributed by atoms with Crippen LogP contribution in [0.4, 0.5) is 8.78 Å². The quantitative estimate of drug-likeness (QED) is 0.205. The molecule has 0 bridgehead atoms. The number of nitrogens with zero attached hydrogens (tertiary/aromatic N) is 9. The fourth-order valence-electron chi connectivity index (χ4n) is 6.08. The Morgan fingerprint density at radius 1 is 0.600 bits per heavy atom. The van der Waals surface area contributed by atoms with Crippen molar-refractivity contribution in [1.29, 1.82) is 0 Å². The Morgan fingerprint density at radius 3 is 1.65 bits per heavy atom. The summed E-state index contributed by atoms with van der Waals surface area (Å²) in [4.78, 5) is 54.3. The molecule has 0 amide bonds. The summed E-state index contributed by atoms with van der Waals surface area (Å²) in [6, 6.07) is 25.5. The third-order valence-electron chi connectivity index (χ3n) is 8.79. The first-order chi connectivity index (χ1) is 26.7. The molecular formula is C38H24F2N12O3. The maximum Gasteiger partial charge on any atom is 0.274 e. The van der Waals surface area contributed by atoms with E-state index in [4.69, 9.17) is 0 Å². The van der Waals surface area contributed by atoms with Crippen LogP contribution in [0.25, 0.3) is 78.7 Å². The SMILES string of the molecule is CC(=O)n1ncc2cc(-c3cc(=O)n4[nH]c(-c5ccc(F)cc5)nc4n3)ccc21.O=c1cc(-c2ccc3[nH]ncc3c2)nc2nc(-c3ccc(F)cc3)[nH]n12. The van der Waals surface area contributed by atoms with Gasteiger partial charge in [-0.25, -0.2) is 23.4 Å². The fraction of sp³-hybridized carbons (Fsp3) is 0.0263. The molecule has 6 heterocycles. The molecule has 55 heavy (non-hydrogen) atoms. The summed E-state index contributed by atoms with van der Waals surface area (Å²) in [5.74, 6) is 0.422. The number of hydrogen-bond acceptors (Lipinski definition) is 9. The molecule has 6 aromatic heterocycles. The molecule has 0 spiro atoms. The molecule has 0 aliphatic carbocycles. The highest BCUT2D eigenvalue weighted by atomic mass is 19.1. The van der Waals surface area contributed by atoms with Gasteiger partial charge in [0.25, 0.3) is 22.7 Å². The first-order valence-electron chi connectivity index (χ1n) is 16.6. The summed E-state index contributed by atoms with van der Waals surface area (Å²) in [6.07, 6.45) is 3.30. The largest absolute Gasteiger partial charge is 0.278 e. The van der Waals surface area contributed by atoms with Crippen LogP contribution in [0.15, 0.2) is 119 Å². The Morgan fingerprint density at radius 2 is 1.11 bits per heavy atom. The lowest BCUT2D eigenvalue weighted by Crippen LogP contribution is -2.14. The van der Waals surface area contributed by atoms with Crippen LogP contribution in [0.1, 0.15) is 11.7 Å². The van der Waals surface area contributed by atoms with Crippen molar-refractivity contribution in [1.82, 2.24) is 59.1 Å². The van der Waals surface area contributed by atoms with E-state index in [9.17, 15) is 23.2 Å². The van der Waals surface area contributed by atoms with Gasteiger partial charge >= 0.3 is 0 Å². The number of aromatic amines is 3. The Balaban J connectivity index is 0.000000145. The van der Waals surface area contributed by atoms with Gasteiger partial charge in [-0.3, -0.25) is 29.7 Å². The fourth-order valence-corrected chi connectivity index (χ4v) is 6.08. The number of nitrogens with one attached hydrogen (secondary N) is 3. The van der Waals surface area contributed by atoms with E-state index in [1.807, 2.05) is 24.3 Å². The molecule has 0 radical (unpaired) electrons. The number of H-pyrrole nitrogens is 3. The Bertz CT molecular complexity index is 3210. The Kier molecular flexibility index (Phi) is 7.73. The second kappa shape index (κ2) is 12.9. The number of rotatable bonds is 4. The molecule has 15 nitrogen and oxygen atoms in total. The molecule has 17 heteroatoms. The van der Waals surface area contributed by atoms with Gasteiger partial charge < -0.3 is 0 Å². The van der Waals surface area contributed by atoms with Crippen LogP contribution in [-0.2, 0) is 0 Å². The minimum absolute atomic E-state index is 0.185. The number of halogens is 2. The summed E-state index contributed by atoms with van der Waals surface area (Å²) in [5, 5.41) is 18.4. The third kappa shape index (κ3) is 6.10. The van der Waals surface area contributed by atoms with Crippen LogP contribution in [0, 0.1) is 11.6 Å². The van der Waals surface area contributed by atoms with E-state index in [0.717, 1.165) is 21.9 Å².